The summed E-state index contributed by atoms with van der Waals surface area (Å²) in [6.45, 7) is 4.83. The number of hydrogen-bond donors (Lipinski definition) is 3. The predicted octanol–water partition coefficient (Wildman–Crippen LogP) is 1.77. The van der Waals surface area contributed by atoms with Gasteiger partial charge in [0.25, 0.3) is 0 Å². The van der Waals surface area contributed by atoms with Crippen molar-refractivity contribution in [1.29, 1.82) is 0 Å². The van der Waals surface area contributed by atoms with Crippen LogP contribution in [0.4, 0.5) is 5.69 Å². The minimum absolute atomic E-state index is 0.0704. The summed E-state index contributed by atoms with van der Waals surface area (Å²) in [4.78, 5) is 2.12. The fraction of sp³-hybridized carbons (Fsp3) is 0.500. The van der Waals surface area contributed by atoms with Crippen LogP contribution in [0.2, 0.25) is 0 Å². The van der Waals surface area contributed by atoms with Crippen molar-refractivity contribution in [3.63, 3.8) is 0 Å². The van der Waals surface area contributed by atoms with Gasteiger partial charge in [0.1, 0.15) is 0 Å². The second-order valence-electron chi connectivity index (χ2n) is 4.39. The molecule has 5 heteroatoms. The van der Waals surface area contributed by atoms with Crippen molar-refractivity contribution in [2.24, 2.45) is 10.9 Å². The molecule has 0 spiro atoms. The van der Waals surface area contributed by atoms with Gasteiger partial charge in [-0.15, -0.1) is 0 Å². The summed E-state index contributed by atoms with van der Waals surface area (Å²) in [7, 11) is 0. The molecule has 1 aromatic carbocycles. The van der Waals surface area contributed by atoms with Gasteiger partial charge in [-0.1, -0.05) is 31.1 Å². The highest BCUT2D eigenvalue weighted by Gasteiger charge is 2.19. The summed E-state index contributed by atoms with van der Waals surface area (Å²) < 4.78 is 0. The Morgan fingerprint density at radius 2 is 1.95 bits per heavy atom. The second kappa shape index (κ2) is 7.63. The highest BCUT2D eigenvalue weighted by atomic mass is 16.4. The van der Waals surface area contributed by atoms with E-state index in [9.17, 15) is 5.11 Å². The number of aliphatic hydroxyl groups is 1. The Balaban J connectivity index is 3.22. The van der Waals surface area contributed by atoms with Crippen LogP contribution in [-0.4, -0.2) is 35.3 Å². The Kier molecular flexibility index (Phi) is 6.15. The smallest absolute Gasteiger partial charge is 0.172 e. The minimum atomic E-state index is 0.0704. The normalized spacial score (nSPS) is 11.9. The van der Waals surface area contributed by atoms with Gasteiger partial charge in [-0.25, -0.2) is 0 Å². The molecule has 1 aromatic rings. The first-order chi connectivity index (χ1) is 9.19. The summed E-state index contributed by atoms with van der Waals surface area (Å²) >= 11 is 0. The van der Waals surface area contributed by atoms with Crippen LogP contribution in [0.25, 0.3) is 0 Å². The van der Waals surface area contributed by atoms with Crippen LogP contribution in [0.15, 0.2) is 29.4 Å². The van der Waals surface area contributed by atoms with E-state index in [1.165, 1.54) is 0 Å². The van der Waals surface area contributed by atoms with E-state index in [-0.39, 0.29) is 12.4 Å². The molecule has 0 bridgehead atoms. The molecule has 0 aliphatic carbocycles. The molecule has 4 N–H and O–H groups in total. The lowest BCUT2D eigenvalue weighted by atomic mass is 10.1. The van der Waals surface area contributed by atoms with E-state index in [0.717, 1.165) is 18.5 Å². The van der Waals surface area contributed by atoms with Crippen LogP contribution in [0.3, 0.4) is 0 Å². The largest absolute Gasteiger partial charge is 0.409 e. The van der Waals surface area contributed by atoms with E-state index in [2.05, 4.69) is 23.9 Å². The maximum absolute atomic E-state index is 9.27. The molecule has 0 saturated heterocycles. The molecule has 0 aromatic heterocycles. The van der Waals surface area contributed by atoms with Gasteiger partial charge in [0.15, 0.2) is 5.84 Å². The molecule has 0 aliphatic heterocycles. The maximum Gasteiger partial charge on any atom is 0.172 e. The molecule has 0 fully saturated rings. The molecule has 5 nitrogen and oxygen atoms in total. The van der Waals surface area contributed by atoms with Crippen molar-refractivity contribution < 1.29 is 10.3 Å². The standard InChI is InChI=1S/C14H23N3O2/c1-3-11(4-2)17(9-10-18)13-8-6-5-7-12(13)14(15)16-19/h5-8,11,18-19H,3-4,9-10H2,1-2H3,(H2,15,16). The molecule has 0 unspecified atom stereocenters. The number of amidine groups is 1. The molecule has 0 radical (unpaired) electrons. The van der Waals surface area contributed by atoms with Gasteiger partial charge >= 0.3 is 0 Å². The van der Waals surface area contributed by atoms with Crippen molar-refractivity contribution >= 4 is 11.5 Å². The zero-order valence-electron chi connectivity index (χ0n) is 11.6. The minimum Gasteiger partial charge on any atom is -0.409 e. The van der Waals surface area contributed by atoms with Crippen molar-refractivity contribution in [3.8, 4) is 0 Å². The second-order valence-corrected chi connectivity index (χ2v) is 4.39. The average molecular weight is 265 g/mol. The van der Waals surface area contributed by atoms with Crippen molar-refractivity contribution in [1.82, 2.24) is 0 Å². The lowest BCUT2D eigenvalue weighted by molar-refractivity contribution is 0.296. The Hall–Kier alpha value is -1.75. The molecule has 0 aliphatic rings. The molecular formula is C14H23N3O2. The first-order valence-corrected chi connectivity index (χ1v) is 6.63. The number of para-hydroxylation sites is 1. The Labute approximate surface area is 114 Å². The number of rotatable bonds is 7. The molecule has 106 valence electrons. The molecule has 0 amide bonds. The van der Waals surface area contributed by atoms with Crippen molar-refractivity contribution in [3.05, 3.63) is 29.8 Å². The third kappa shape index (κ3) is 3.61. The number of hydrogen-bond acceptors (Lipinski definition) is 4. The SMILES string of the molecule is CCC(CC)N(CCO)c1ccccc1C(N)=NO. The van der Waals surface area contributed by atoms with Gasteiger partial charge in [0.2, 0.25) is 0 Å². The molecule has 19 heavy (non-hydrogen) atoms. The van der Waals surface area contributed by atoms with Gasteiger partial charge in [0.05, 0.1) is 6.61 Å². The topological polar surface area (TPSA) is 82.1 Å². The van der Waals surface area contributed by atoms with E-state index < -0.39 is 0 Å². The number of nitrogens with zero attached hydrogens (tertiary/aromatic N) is 2. The van der Waals surface area contributed by atoms with Gasteiger partial charge in [0, 0.05) is 23.8 Å². The highest BCUT2D eigenvalue weighted by Crippen LogP contribution is 2.24. The zero-order valence-corrected chi connectivity index (χ0v) is 11.6. The van der Waals surface area contributed by atoms with E-state index in [1.54, 1.807) is 0 Å². The molecule has 0 heterocycles. The van der Waals surface area contributed by atoms with Crippen LogP contribution in [0.1, 0.15) is 32.3 Å². The first-order valence-electron chi connectivity index (χ1n) is 6.63. The highest BCUT2D eigenvalue weighted by molar-refractivity contribution is 6.02. The summed E-state index contributed by atoms with van der Waals surface area (Å²) in [5.41, 5.74) is 7.30. The van der Waals surface area contributed by atoms with Crippen LogP contribution in [0.5, 0.6) is 0 Å². The first kappa shape index (κ1) is 15.3. The van der Waals surface area contributed by atoms with Crippen LogP contribution < -0.4 is 10.6 Å². The number of nitrogens with two attached hydrogens (primary N) is 1. The Morgan fingerprint density at radius 3 is 2.47 bits per heavy atom. The van der Waals surface area contributed by atoms with Gasteiger partial charge < -0.3 is 20.9 Å². The third-order valence-electron chi connectivity index (χ3n) is 3.32. The fourth-order valence-electron chi connectivity index (χ4n) is 2.33. The number of benzene rings is 1. The summed E-state index contributed by atoms with van der Waals surface area (Å²) in [5, 5.41) is 21.2. The molecule has 0 atom stereocenters. The van der Waals surface area contributed by atoms with Crippen LogP contribution in [0, 0.1) is 0 Å². The summed E-state index contributed by atoms with van der Waals surface area (Å²) in [5.74, 6) is 0.0875. The molecule has 0 saturated carbocycles. The Morgan fingerprint density at radius 1 is 1.32 bits per heavy atom. The van der Waals surface area contributed by atoms with E-state index in [4.69, 9.17) is 10.9 Å². The van der Waals surface area contributed by atoms with Crippen molar-refractivity contribution in [2.75, 3.05) is 18.1 Å². The lowest BCUT2D eigenvalue weighted by Crippen LogP contribution is -2.38. The number of oxime groups is 1. The maximum atomic E-state index is 9.27. The number of aliphatic hydroxyl groups excluding tert-OH is 1. The lowest BCUT2D eigenvalue weighted by Gasteiger charge is -2.33. The van der Waals surface area contributed by atoms with E-state index >= 15 is 0 Å². The fourth-order valence-corrected chi connectivity index (χ4v) is 2.33. The van der Waals surface area contributed by atoms with Crippen LogP contribution in [-0.2, 0) is 0 Å². The quantitative estimate of drug-likeness (QED) is 0.304. The number of anilines is 1. The average Bonchev–Trinajstić information content (AvgIpc) is 2.46. The van der Waals surface area contributed by atoms with Crippen molar-refractivity contribution in [2.45, 2.75) is 32.7 Å². The Bertz CT molecular complexity index is 417. The van der Waals surface area contributed by atoms with Gasteiger partial charge in [-0.05, 0) is 25.0 Å². The summed E-state index contributed by atoms with van der Waals surface area (Å²) in [6, 6.07) is 7.83. The van der Waals surface area contributed by atoms with Crippen LogP contribution >= 0.6 is 0 Å². The summed E-state index contributed by atoms with van der Waals surface area (Å²) in [6.07, 6.45) is 1.95. The predicted molar refractivity (Wildman–Crippen MR) is 77.8 cm³/mol. The molecule has 1 rings (SSSR count). The van der Waals surface area contributed by atoms with Gasteiger partial charge in [-0.3, -0.25) is 0 Å². The van der Waals surface area contributed by atoms with E-state index in [0.29, 0.717) is 18.2 Å². The monoisotopic (exact) mass is 265 g/mol. The van der Waals surface area contributed by atoms with E-state index in [1.807, 2.05) is 24.3 Å². The molecular weight excluding hydrogens is 242 g/mol. The van der Waals surface area contributed by atoms with Gasteiger partial charge in [-0.2, -0.15) is 0 Å². The zero-order chi connectivity index (χ0) is 14.3. The third-order valence-corrected chi connectivity index (χ3v) is 3.32.